The Balaban J connectivity index is 4.37. The van der Waals surface area contributed by atoms with Gasteiger partial charge in [0.1, 0.15) is 0 Å². The van der Waals surface area contributed by atoms with Crippen LogP contribution < -0.4 is 0 Å². The summed E-state index contributed by atoms with van der Waals surface area (Å²) in [7, 11) is 0. The molecular weight excluding hydrogens is 311 g/mol. The summed E-state index contributed by atoms with van der Waals surface area (Å²) in [5.74, 6) is 0. The topological polar surface area (TPSA) is 27.7 Å². The summed E-state index contributed by atoms with van der Waals surface area (Å²) in [5.41, 5.74) is 0. The standard InChI is InChI=1S/3C3H7O.C3H5.Sn/c3*1-2-3-4;1-3-2;/h3*2-3H2,1H3;3H,1-2H2;/q3*-1;;+3. The molecule has 0 N–H and O–H groups in total. The van der Waals surface area contributed by atoms with Gasteiger partial charge in [0.2, 0.25) is 0 Å². The van der Waals surface area contributed by atoms with E-state index in [9.17, 15) is 0 Å². The van der Waals surface area contributed by atoms with Gasteiger partial charge in [0.05, 0.1) is 0 Å². The molecule has 3 nitrogen and oxygen atoms in total. The first kappa shape index (κ1) is 16.4. The zero-order valence-electron chi connectivity index (χ0n) is 11.0. The van der Waals surface area contributed by atoms with Crippen molar-refractivity contribution in [3.8, 4) is 0 Å². The molecule has 0 saturated carbocycles. The second-order valence-corrected chi connectivity index (χ2v) is 11.3. The van der Waals surface area contributed by atoms with E-state index in [2.05, 4.69) is 27.4 Å². The van der Waals surface area contributed by atoms with Crippen molar-refractivity contribution in [3.63, 3.8) is 0 Å². The molecule has 0 saturated heterocycles. The Morgan fingerprint density at radius 2 is 1.25 bits per heavy atom. The first-order chi connectivity index (χ1) is 7.74. The summed E-state index contributed by atoms with van der Waals surface area (Å²) >= 11 is -3.28. The molecule has 0 unspecified atom stereocenters. The molecule has 0 rings (SSSR count). The number of allylic oxidation sites excluding steroid dienone is 1. The van der Waals surface area contributed by atoms with Crippen molar-refractivity contribution in [1.29, 1.82) is 0 Å². The molecule has 0 aromatic heterocycles. The Kier molecular flexibility index (Phi) is 10.8. The van der Waals surface area contributed by atoms with Gasteiger partial charge in [-0.15, -0.1) is 0 Å². The molecule has 0 aliphatic rings. The van der Waals surface area contributed by atoms with Gasteiger partial charge < -0.3 is 0 Å². The van der Waals surface area contributed by atoms with Crippen LogP contribution in [0.1, 0.15) is 40.0 Å². The third kappa shape index (κ3) is 6.89. The van der Waals surface area contributed by atoms with Crippen LogP contribution in [-0.2, 0) is 9.22 Å². The second kappa shape index (κ2) is 10.6. The Hall–Kier alpha value is 0.419. The Morgan fingerprint density at radius 3 is 1.50 bits per heavy atom. The van der Waals surface area contributed by atoms with Crippen LogP contribution in [0.3, 0.4) is 0 Å². The molecule has 0 radical (unpaired) electrons. The van der Waals surface area contributed by atoms with Crippen LogP contribution in [0, 0.1) is 0 Å². The SMILES string of the molecule is C=C[CH2][Sn]([O]CCC)([O]CCC)[O]CCC. The maximum absolute atomic E-state index is 5.92. The van der Waals surface area contributed by atoms with Gasteiger partial charge in [-0.2, -0.15) is 0 Å². The average molecular weight is 337 g/mol. The van der Waals surface area contributed by atoms with Crippen LogP contribution in [0.25, 0.3) is 0 Å². The summed E-state index contributed by atoms with van der Waals surface area (Å²) < 4.78 is 18.5. The first-order valence-electron chi connectivity index (χ1n) is 6.27. The minimum atomic E-state index is -3.28. The summed E-state index contributed by atoms with van der Waals surface area (Å²) in [6.07, 6.45) is 4.87. The molecule has 0 heterocycles. The molecule has 4 heteroatoms. The fourth-order valence-corrected chi connectivity index (χ4v) is 8.39. The average Bonchev–Trinajstić information content (AvgIpc) is 2.31. The molecular formula is C12H26O3Sn. The molecule has 16 heavy (non-hydrogen) atoms. The minimum absolute atomic E-state index is 0.733. The van der Waals surface area contributed by atoms with E-state index in [1.165, 1.54) is 0 Å². The van der Waals surface area contributed by atoms with Gasteiger partial charge in [-0.3, -0.25) is 0 Å². The van der Waals surface area contributed by atoms with E-state index < -0.39 is 19.6 Å². The molecule has 0 aliphatic heterocycles. The van der Waals surface area contributed by atoms with Crippen LogP contribution in [0.5, 0.6) is 0 Å². The summed E-state index contributed by atoms with van der Waals surface area (Å²) in [6, 6.07) is 0. The van der Waals surface area contributed by atoms with Crippen molar-refractivity contribution in [2.45, 2.75) is 44.5 Å². The van der Waals surface area contributed by atoms with Crippen LogP contribution in [0.4, 0.5) is 0 Å². The number of hydrogen-bond donors (Lipinski definition) is 0. The third-order valence-corrected chi connectivity index (χ3v) is 9.74. The molecule has 0 amide bonds. The van der Waals surface area contributed by atoms with Crippen molar-refractivity contribution < 1.29 is 9.22 Å². The fraction of sp³-hybridized carbons (Fsp3) is 0.833. The third-order valence-electron chi connectivity index (χ3n) is 1.97. The maximum atomic E-state index is 5.92. The normalized spacial score (nSPS) is 11.7. The van der Waals surface area contributed by atoms with Crippen molar-refractivity contribution >= 4 is 19.6 Å². The van der Waals surface area contributed by atoms with E-state index in [1.807, 2.05) is 6.08 Å². The second-order valence-electron chi connectivity index (χ2n) is 3.72. The van der Waals surface area contributed by atoms with E-state index >= 15 is 0 Å². The van der Waals surface area contributed by atoms with Gasteiger partial charge in [0, 0.05) is 0 Å². The van der Waals surface area contributed by atoms with Crippen molar-refractivity contribution in [3.05, 3.63) is 12.7 Å². The van der Waals surface area contributed by atoms with E-state index in [1.54, 1.807) is 0 Å². The van der Waals surface area contributed by atoms with Crippen LogP contribution >= 0.6 is 0 Å². The summed E-state index contributed by atoms with van der Waals surface area (Å²) in [5, 5.41) is 0. The Morgan fingerprint density at radius 1 is 0.875 bits per heavy atom. The van der Waals surface area contributed by atoms with Crippen LogP contribution in [0.15, 0.2) is 12.7 Å². The van der Waals surface area contributed by atoms with E-state index in [0.29, 0.717) is 0 Å². The molecule has 0 atom stereocenters. The van der Waals surface area contributed by atoms with Crippen molar-refractivity contribution in [2.75, 3.05) is 19.8 Å². The first-order valence-corrected chi connectivity index (χ1v) is 11.8. The molecule has 96 valence electrons. The van der Waals surface area contributed by atoms with E-state index in [-0.39, 0.29) is 0 Å². The van der Waals surface area contributed by atoms with E-state index in [0.717, 1.165) is 43.5 Å². The van der Waals surface area contributed by atoms with Gasteiger partial charge in [-0.1, -0.05) is 0 Å². The van der Waals surface area contributed by atoms with Gasteiger partial charge in [-0.05, 0) is 0 Å². The monoisotopic (exact) mass is 338 g/mol. The quantitative estimate of drug-likeness (QED) is 0.427. The Bertz CT molecular complexity index is 152. The van der Waals surface area contributed by atoms with Gasteiger partial charge in [0.15, 0.2) is 0 Å². The zero-order chi connectivity index (χ0) is 12.3. The van der Waals surface area contributed by atoms with E-state index in [4.69, 9.17) is 9.22 Å². The molecule has 0 spiro atoms. The molecule has 0 bridgehead atoms. The zero-order valence-corrected chi connectivity index (χ0v) is 13.8. The number of rotatable bonds is 11. The Labute approximate surface area is 106 Å². The fourth-order valence-electron chi connectivity index (χ4n) is 1.25. The molecule has 0 fully saturated rings. The van der Waals surface area contributed by atoms with Crippen molar-refractivity contribution in [1.82, 2.24) is 0 Å². The molecule has 0 aromatic carbocycles. The van der Waals surface area contributed by atoms with Gasteiger partial charge >= 0.3 is 106 Å². The number of hydrogen-bond acceptors (Lipinski definition) is 3. The van der Waals surface area contributed by atoms with Crippen LogP contribution in [0.2, 0.25) is 4.44 Å². The van der Waals surface area contributed by atoms with Crippen molar-refractivity contribution in [2.24, 2.45) is 0 Å². The van der Waals surface area contributed by atoms with Gasteiger partial charge in [-0.25, -0.2) is 0 Å². The summed E-state index contributed by atoms with van der Waals surface area (Å²) in [6.45, 7) is 12.3. The predicted octanol–water partition coefficient (Wildman–Crippen LogP) is 3.39. The van der Waals surface area contributed by atoms with Gasteiger partial charge in [0.25, 0.3) is 0 Å². The molecule has 0 aliphatic carbocycles. The summed E-state index contributed by atoms with van der Waals surface area (Å²) in [4.78, 5) is 0. The molecule has 0 aromatic rings. The predicted molar refractivity (Wildman–Crippen MR) is 69.5 cm³/mol. The van der Waals surface area contributed by atoms with Crippen LogP contribution in [-0.4, -0.2) is 39.4 Å².